The minimum Gasteiger partial charge on any atom is -0.454 e. The van der Waals surface area contributed by atoms with Crippen molar-refractivity contribution in [3.63, 3.8) is 0 Å². The number of carbonyl (C=O) groups is 1. The standard InChI is InChI=1S/C20H23N3O5/c1-26-11-15-9-18(24)22-20(21-15)14-3-2-6-23(10-14)19(25)8-13-4-5-16-17(7-13)28-12-27-16/h4-5,7,9,14H,2-3,6,8,10-12H2,1H3,(H,21,22,24)/t14-/m0/s1. The molecule has 3 heterocycles. The number of hydrogen-bond donors (Lipinski definition) is 1. The number of likely N-dealkylation sites (tertiary alicyclic amines) is 1. The summed E-state index contributed by atoms with van der Waals surface area (Å²) in [6.45, 7) is 1.76. The predicted octanol–water partition coefficient (Wildman–Crippen LogP) is 1.59. The lowest BCUT2D eigenvalue weighted by atomic mass is 9.96. The van der Waals surface area contributed by atoms with Crippen molar-refractivity contribution >= 4 is 5.91 Å². The molecule has 0 saturated carbocycles. The first kappa shape index (κ1) is 18.5. The summed E-state index contributed by atoms with van der Waals surface area (Å²) in [5.41, 5.74) is 1.30. The van der Waals surface area contributed by atoms with Crippen LogP contribution in [0.2, 0.25) is 0 Å². The smallest absolute Gasteiger partial charge is 0.251 e. The van der Waals surface area contributed by atoms with E-state index in [1.165, 1.54) is 6.07 Å². The van der Waals surface area contributed by atoms with Crippen LogP contribution < -0.4 is 15.0 Å². The van der Waals surface area contributed by atoms with Crippen molar-refractivity contribution in [1.82, 2.24) is 14.9 Å². The maximum absolute atomic E-state index is 12.8. The molecule has 1 N–H and O–H groups in total. The van der Waals surface area contributed by atoms with Crippen molar-refractivity contribution in [3.8, 4) is 11.5 Å². The second kappa shape index (κ2) is 8.02. The van der Waals surface area contributed by atoms with Gasteiger partial charge in [-0.2, -0.15) is 0 Å². The lowest BCUT2D eigenvalue weighted by Gasteiger charge is -2.32. The number of fused-ring (bicyclic) bond motifs is 1. The highest BCUT2D eigenvalue weighted by atomic mass is 16.7. The van der Waals surface area contributed by atoms with E-state index in [0.29, 0.717) is 42.5 Å². The fourth-order valence-electron chi connectivity index (χ4n) is 3.71. The van der Waals surface area contributed by atoms with Crippen molar-refractivity contribution in [2.45, 2.75) is 31.8 Å². The van der Waals surface area contributed by atoms with Gasteiger partial charge in [0.2, 0.25) is 12.7 Å². The largest absolute Gasteiger partial charge is 0.454 e. The van der Waals surface area contributed by atoms with Gasteiger partial charge >= 0.3 is 0 Å². The minimum absolute atomic E-state index is 0.0129. The molecule has 1 aromatic heterocycles. The van der Waals surface area contributed by atoms with E-state index in [-0.39, 0.29) is 30.8 Å². The Hall–Kier alpha value is -2.87. The molecule has 2 aliphatic heterocycles. The van der Waals surface area contributed by atoms with Crippen LogP contribution in [0.15, 0.2) is 29.1 Å². The van der Waals surface area contributed by atoms with E-state index in [4.69, 9.17) is 14.2 Å². The van der Waals surface area contributed by atoms with E-state index in [1.54, 1.807) is 7.11 Å². The van der Waals surface area contributed by atoms with Gasteiger partial charge in [-0.15, -0.1) is 0 Å². The van der Waals surface area contributed by atoms with Gasteiger partial charge < -0.3 is 24.1 Å². The molecule has 1 saturated heterocycles. The van der Waals surface area contributed by atoms with Crippen molar-refractivity contribution in [3.05, 3.63) is 51.7 Å². The summed E-state index contributed by atoms with van der Waals surface area (Å²) in [7, 11) is 1.57. The zero-order valence-corrected chi connectivity index (χ0v) is 15.8. The molecule has 28 heavy (non-hydrogen) atoms. The average Bonchev–Trinajstić information content (AvgIpc) is 3.16. The second-order valence-corrected chi connectivity index (χ2v) is 7.10. The van der Waals surface area contributed by atoms with Gasteiger partial charge in [0, 0.05) is 32.2 Å². The molecule has 4 rings (SSSR count). The number of methoxy groups -OCH3 is 1. The number of rotatable bonds is 5. The summed E-state index contributed by atoms with van der Waals surface area (Å²) in [6, 6.07) is 7.02. The topological polar surface area (TPSA) is 93.8 Å². The SMILES string of the molecule is COCc1cc(=O)[nH]c([C@H]2CCCN(C(=O)Cc3ccc4c(c3)OCO4)C2)n1. The van der Waals surface area contributed by atoms with Crippen LogP contribution >= 0.6 is 0 Å². The van der Waals surface area contributed by atoms with Gasteiger partial charge in [-0.25, -0.2) is 4.98 Å². The van der Waals surface area contributed by atoms with E-state index >= 15 is 0 Å². The van der Waals surface area contributed by atoms with Crippen LogP contribution in [0.5, 0.6) is 11.5 Å². The quantitative estimate of drug-likeness (QED) is 0.840. The molecule has 0 aliphatic carbocycles. The first-order valence-corrected chi connectivity index (χ1v) is 9.38. The van der Waals surface area contributed by atoms with Crippen LogP contribution in [0.4, 0.5) is 0 Å². The number of hydrogen-bond acceptors (Lipinski definition) is 6. The number of aromatic nitrogens is 2. The van der Waals surface area contributed by atoms with Crippen LogP contribution in [-0.2, 0) is 22.6 Å². The zero-order chi connectivity index (χ0) is 19.5. The predicted molar refractivity (Wildman–Crippen MR) is 100 cm³/mol. The summed E-state index contributed by atoms with van der Waals surface area (Å²) < 4.78 is 15.8. The maximum Gasteiger partial charge on any atom is 0.251 e. The monoisotopic (exact) mass is 385 g/mol. The number of amides is 1. The van der Waals surface area contributed by atoms with Gasteiger partial charge in [0.1, 0.15) is 5.82 Å². The number of nitrogens with zero attached hydrogens (tertiary/aromatic N) is 2. The highest BCUT2D eigenvalue weighted by molar-refractivity contribution is 5.79. The van der Waals surface area contributed by atoms with Gasteiger partial charge in [0.05, 0.1) is 18.7 Å². The molecule has 0 radical (unpaired) electrons. The van der Waals surface area contributed by atoms with Crippen LogP contribution in [0.3, 0.4) is 0 Å². The Labute approximate surface area is 162 Å². The first-order chi connectivity index (χ1) is 13.6. The molecular weight excluding hydrogens is 362 g/mol. The van der Waals surface area contributed by atoms with Crippen LogP contribution in [0.1, 0.15) is 35.8 Å². The number of H-pyrrole nitrogens is 1. The molecule has 2 aliphatic rings. The third-order valence-electron chi connectivity index (χ3n) is 5.06. The van der Waals surface area contributed by atoms with Gasteiger partial charge in [-0.3, -0.25) is 9.59 Å². The number of ether oxygens (including phenoxy) is 3. The van der Waals surface area contributed by atoms with Gasteiger partial charge in [0.15, 0.2) is 11.5 Å². The van der Waals surface area contributed by atoms with Crippen LogP contribution in [0.25, 0.3) is 0 Å². The summed E-state index contributed by atoms with van der Waals surface area (Å²) in [5, 5.41) is 0. The van der Waals surface area contributed by atoms with E-state index < -0.39 is 0 Å². The number of piperidine rings is 1. The Bertz CT molecular complexity index is 926. The number of nitrogens with one attached hydrogen (secondary N) is 1. The minimum atomic E-state index is -0.194. The molecule has 8 nitrogen and oxygen atoms in total. The lowest BCUT2D eigenvalue weighted by molar-refractivity contribution is -0.131. The van der Waals surface area contributed by atoms with E-state index in [0.717, 1.165) is 18.4 Å². The van der Waals surface area contributed by atoms with E-state index in [9.17, 15) is 9.59 Å². The average molecular weight is 385 g/mol. The fraction of sp³-hybridized carbons (Fsp3) is 0.450. The van der Waals surface area contributed by atoms with Crippen molar-refractivity contribution in [1.29, 1.82) is 0 Å². The molecule has 0 spiro atoms. The highest BCUT2D eigenvalue weighted by Gasteiger charge is 2.27. The third kappa shape index (κ3) is 4.01. The number of benzene rings is 1. The lowest BCUT2D eigenvalue weighted by Crippen LogP contribution is -2.40. The van der Waals surface area contributed by atoms with Crippen LogP contribution in [-0.4, -0.2) is 47.8 Å². The molecular formula is C20H23N3O5. The molecule has 1 amide bonds. The van der Waals surface area contributed by atoms with Crippen molar-refractivity contribution in [2.24, 2.45) is 0 Å². The molecule has 1 aromatic carbocycles. The Kier molecular flexibility index (Phi) is 5.29. The molecule has 2 aromatic rings. The second-order valence-electron chi connectivity index (χ2n) is 7.10. The van der Waals surface area contributed by atoms with Crippen LogP contribution in [0, 0.1) is 0 Å². The molecule has 0 unspecified atom stereocenters. The van der Waals surface area contributed by atoms with Gasteiger partial charge in [-0.05, 0) is 30.5 Å². The van der Waals surface area contributed by atoms with Crippen molar-refractivity contribution in [2.75, 3.05) is 27.0 Å². The number of carbonyl (C=O) groups excluding carboxylic acids is 1. The first-order valence-electron chi connectivity index (χ1n) is 9.38. The fourth-order valence-corrected chi connectivity index (χ4v) is 3.71. The summed E-state index contributed by atoms with van der Waals surface area (Å²) in [5.74, 6) is 2.08. The Balaban J connectivity index is 1.45. The Morgan fingerprint density at radius 1 is 1.32 bits per heavy atom. The highest BCUT2D eigenvalue weighted by Crippen LogP contribution is 2.33. The normalized spacial score (nSPS) is 18.3. The summed E-state index contributed by atoms with van der Waals surface area (Å²) in [6.07, 6.45) is 2.06. The van der Waals surface area contributed by atoms with E-state index in [1.807, 2.05) is 23.1 Å². The molecule has 1 atom stereocenters. The zero-order valence-electron chi connectivity index (χ0n) is 15.8. The molecule has 1 fully saturated rings. The molecule has 148 valence electrons. The van der Waals surface area contributed by atoms with Gasteiger partial charge in [-0.1, -0.05) is 6.07 Å². The van der Waals surface area contributed by atoms with E-state index in [2.05, 4.69) is 9.97 Å². The molecule has 0 bridgehead atoms. The molecule has 8 heteroatoms. The third-order valence-corrected chi connectivity index (χ3v) is 5.06. The summed E-state index contributed by atoms with van der Waals surface area (Å²) >= 11 is 0. The summed E-state index contributed by atoms with van der Waals surface area (Å²) in [4.78, 5) is 33.9. The van der Waals surface area contributed by atoms with Crippen molar-refractivity contribution < 1.29 is 19.0 Å². The van der Waals surface area contributed by atoms with Gasteiger partial charge in [0.25, 0.3) is 5.56 Å². The Morgan fingerprint density at radius 2 is 2.18 bits per heavy atom. The number of aromatic amines is 1. The maximum atomic E-state index is 12.8. The Morgan fingerprint density at radius 3 is 3.04 bits per heavy atom.